The minimum Gasteiger partial charge on any atom is -0.370 e. The molecule has 1 saturated heterocycles. The third kappa shape index (κ3) is 4.15. The van der Waals surface area contributed by atoms with Crippen molar-refractivity contribution < 1.29 is 4.74 Å². The summed E-state index contributed by atoms with van der Waals surface area (Å²) < 4.78 is 5.86. The van der Waals surface area contributed by atoms with E-state index in [4.69, 9.17) is 4.74 Å². The lowest BCUT2D eigenvalue weighted by atomic mass is 10.2. The summed E-state index contributed by atoms with van der Waals surface area (Å²) in [7, 11) is 0. The molecule has 0 amide bonds. The number of nitrogens with zero attached hydrogens (tertiary/aromatic N) is 3. The summed E-state index contributed by atoms with van der Waals surface area (Å²) in [5.74, 6) is 1.72. The molecule has 2 heterocycles. The lowest BCUT2D eigenvalue weighted by Gasteiger charge is -2.32. The van der Waals surface area contributed by atoms with Crippen molar-refractivity contribution in [3.63, 3.8) is 0 Å². The molecule has 1 atom stereocenters. The summed E-state index contributed by atoms with van der Waals surface area (Å²) in [6.07, 6.45) is 2.25. The molecule has 112 valence electrons. The maximum absolute atomic E-state index is 5.86. The quantitative estimate of drug-likeness (QED) is 0.866. The van der Waals surface area contributed by atoms with Crippen LogP contribution in [0, 0.1) is 6.92 Å². The number of anilines is 1. The van der Waals surface area contributed by atoms with Gasteiger partial charge in [-0.2, -0.15) is 0 Å². The molecule has 0 saturated carbocycles. The molecule has 1 unspecified atom stereocenters. The largest absolute Gasteiger partial charge is 0.370 e. The fourth-order valence-corrected chi connectivity index (χ4v) is 2.46. The highest BCUT2D eigenvalue weighted by Gasteiger charge is 2.24. The number of nitrogens with one attached hydrogen (secondary N) is 1. The summed E-state index contributed by atoms with van der Waals surface area (Å²) in [6.45, 7) is 11.1. The van der Waals surface area contributed by atoms with Gasteiger partial charge in [-0.25, -0.2) is 9.97 Å². The Morgan fingerprint density at radius 3 is 2.95 bits per heavy atom. The highest BCUT2D eigenvalue weighted by atomic mass is 16.5. The van der Waals surface area contributed by atoms with Gasteiger partial charge in [0.05, 0.1) is 6.61 Å². The first kappa shape index (κ1) is 15.2. The molecule has 1 aliphatic rings. The number of hydrogen-bond acceptors (Lipinski definition) is 5. The lowest BCUT2D eigenvalue weighted by molar-refractivity contribution is -0.0342. The molecule has 1 aromatic rings. The van der Waals surface area contributed by atoms with E-state index >= 15 is 0 Å². The highest BCUT2D eigenvalue weighted by Crippen LogP contribution is 2.21. The second-order valence-corrected chi connectivity index (χ2v) is 5.34. The lowest BCUT2D eigenvalue weighted by Crippen LogP contribution is -2.39. The van der Waals surface area contributed by atoms with E-state index in [1.165, 1.54) is 6.42 Å². The fraction of sp³-hybridized carbons (Fsp3) is 0.733. The van der Waals surface area contributed by atoms with Crippen molar-refractivity contribution in [2.45, 2.75) is 39.7 Å². The second kappa shape index (κ2) is 7.55. The Balaban J connectivity index is 2.08. The number of ether oxygens (including phenoxy) is 1. The van der Waals surface area contributed by atoms with Gasteiger partial charge in [-0.3, -0.25) is 4.90 Å². The Kier molecular flexibility index (Phi) is 5.73. The van der Waals surface area contributed by atoms with Crippen LogP contribution in [0.15, 0.2) is 6.07 Å². The molecule has 5 heteroatoms. The predicted molar refractivity (Wildman–Crippen MR) is 81.0 cm³/mol. The van der Waals surface area contributed by atoms with Crippen molar-refractivity contribution in [2.24, 2.45) is 0 Å². The summed E-state index contributed by atoms with van der Waals surface area (Å²) >= 11 is 0. The van der Waals surface area contributed by atoms with Crippen molar-refractivity contribution >= 4 is 5.82 Å². The van der Waals surface area contributed by atoms with Crippen LogP contribution in [0.25, 0.3) is 0 Å². The van der Waals surface area contributed by atoms with E-state index in [0.717, 1.165) is 56.5 Å². The van der Waals surface area contributed by atoms with Gasteiger partial charge >= 0.3 is 0 Å². The van der Waals surface area contributed by atoms with Crippen LogP contribution in [-0.4, -0.2) is 47.7 Å². The van der Waals surface area contributed by atoms with E-state index in [2.05, 4.69) is 34.0 Å². The topological polar surface area (TPSA) is 50.3 Å². The summed E-state index contributed by atoms with van der Waals surface area (Å²) in [5, 5.41) is 3.33. The van der Waals surface area contributed by atoms with Gasteiger partial charge in [-0.15, -0.1) is 0 Å². The molecule has 1 fully saturated rings. The highest BCUT2D eigenvalue weighted by molar-refractivity contribution is 5.36. The number of hydrogen-bond donors (Lipinski definition) is 1. The van der Waals surface area contributed by atoms with Crippen molar-refractivity contribution in [3.05, 3.63) is 17.6 Å². The van der Waals surface area contributed by atoms with Gasteiger partial charge < -0.3 is 10.1 Å². The van der Waals surface area contributed by atoms with E-state index in [-0.39, 0.29) is 6.10 Å². The van der Waals surface area contributed by atoms with Gasteiger partial charge in [0, 0.05) is 31.4 Å². The Labute approximate surface area is 121 Å². The van der Waals surface area contributed by atoms with Gasteiger partial charge in [-0.1, -0.05) is 13.8 Å². The first-order valence-electron chi connectivity index (χ1n) is 7.66. The number of aryl methyl sites for hydroxylation is 1. The van der Waals surface area contributed by atoms with Crippen LogP contribution >= 0.6 is 0 Å². The third-order valence-corrected chi connectivity index (χ3v) is 3.41. The third-order valence-electron chi connectivity index (χ3n) is 3.41. The molecule has 0 bridgehead atoms. The van der Waals surface area contributed by atoms with E-state index in [9.17, 15) is 0 Å². The Bertz CT molecular complexity index is 422. The molecular weight excluding hydrogens is 252 g/mol. The average molecular weight is 278 g/mol. The number of rotatable bonds is 6. The van der Waals surface area contributed by atoms with Crippen LogP contribution in [0.2, 0.25) is 0 Å². The van der Waals surface area contributed by atoms with Crippen LogP contribution in [0.4, 0.5) is 5.82 Å². The molecule has 1 aromatic heterocycles. The summed E-state index contributed by atoms with van der Waals surface area (Å²) in [5.41, 5.74) is 0.991. The van der Waals surface area contributed by atoms with Crippen LogP contribution in [0.3, 0.4) is 0 Å². The van der Waals surface area contributed by atoms with Gasteiger partial charge in [0.2, 0.25) is 0 Å². The molecule has 0 aliphatic carbocycles. The molecule has 0 spiro atoms. The van der Waals surface area contributed by atoms with E-state index in [1.807, 2.05) is 13.0 Å². The van der Waals surface area contributed by atoms with Crippen molar-refractivity contribution in [3.8, 4) is 0 Å². The minimum atomic E-state index is -0.00243. The van der Waals surface area contributed by atoms with Crippen molar-refractivity contribution in [2.75, 3.05) is 38.1 Å². The monoisotopic (exact) mass is 278 g/mol. The smallest absolute Gasteiger partial charge is 0.161 e. The number of morpholine rings is 1. The van der Waals surface area contributed by atoms with Gasteiger partial charge in [0.15, 0.2) is 5.82 Å². The maximum atomic E-state index is 5.86. The SMILES string of the molecule is CCCNc1cc(C)nc(C2CN(CCC)CCO2)n1. The predicted octanol–water partition coefficient (Wildman–Crippen LogP) is 2.39. The van der Waals surface area contributed by atoms with E-state index < -0.39 is 0 Å². The van der Waals surface area contributed by atoms with Crippen molar-refractivity contribution in [1.82, 2.24) is 14.9 Å². The zero-order chi connectivity index (χ0) is 14.4. The zero-order valence-corrected chi connectivity index (χ0v) is 12.9. The van der Waals surface area contributed by atoms with E-state index in [0.29, 0.717) is 0 Å². The fourth-order valence-electron chi connectivity index (χ4n) is 2.46. The molecule has 5 nitrogen and oxygen atoms in total. The minimum absolute atomic E-state index is 0.00243. The zero-order valence-electron chi connectivity index (χ0n) is 12.9. The molecule has 2 rings (SSSR count). The Morgan fingerprint density at radius 1 is 1.35 bits per heavy atom. The molecular formula is C15H26N4O. The average Bonchev–Trinajstić information content (AvgIpc) is 2.45. The van der Waals surface area contributed by atoms with Gasteiger partial charge in [-0.05, 0) is 26.3 Å². The Morgan fingerprint density at radius 2 is 2.20 bits per heavy atom. The Hall–Kier alpha value is -1.20. The summed E-state index contributed by atoms with van der Waals surface area (Å²) in [4.78, 5) is 11.6. The normalized spacial score (nSPS) is 20.1. The van der Waals surface area contributed by atoms with Gasteiger partial charge in [0.25, 0.3) is 0 Å². The first-order chi connectivity index (χ1) is 9.72. The number of aromatic nitrogens is 2. The molecule has 1 aliphatic heterocycles. The van der Waals surface area contributed by atoms with Crippen LogP contribution < -0.4 is 5.32 Å². The first-order valence-corrected chi connectivity index (χ1v) is 7.66. The van der Waals surface area contributed by atoms with Crippen LogP contribution in [0.5, 0.6) is 0 Å². The standard InChI is InChI=1S/C15H26N4O/c1-4-6-16-14-10-12(3)17-15(18-14)13-11-19(7-5-2)8-9-20-13/h10,13H,4-9,11H2,1-3H3,(H,16,17,18). The second-order valence-electron chi connectivity index (χ2n) is 5.34. The van der Waals surface area contributed by atoms with Crippen molar-refractivity contribution in [1.29, 1.82) is 0 Å². The molecule has 20 heavy (non-hydrogen) atoms. The maximum Gasteiger partial charge on any atom is 0.161 e. The molecule has 0 aromatic carbocycles. The van der Waals surface area contributed by atoms with Crippen LogP contribution in [-0.2, 0) is 4.74 Å². The van der Waals surface area contributed by atoms with Crippen LogP contribution in [0.1, 0.15) is 44.3 Å². The van der Waals surface area contributed by atoms with Gasteiger partial charge in [0.1, 0.15) is 11.9 Å². The summed E-state index contributed by atoms with van der Waals surface area (Å²) in [6, 6.07) is 1.99. The molecule has 0 radical (unpaired) electrons. The molecule has 1 N–H and O–H groups in total. The van der Waals surface area contributed by atoms with E-state index in [1.54, 1.807) is 0 Å².